The van der Waals surface area contributed by atoms with Crippen LogP contribution < -0.4 is 0 Å². The molecule has 0 spiro atoms. The van der Waals surface area contributed by atoms with Crippen LogP contribution in [0.15, 0.2) is 29.8 Å². The Hall–Kier alpha value is -0.660. The van der Waals surface area contributed by atoms with Crippen LogP contribution >= 0.6 is 45.5 Å². The van der Waals surface area contributed by atoms with Gasteiger partial charge in [-0.25, -0.2) is 9.97 Å². The van der Waals surface area contributed by atoms with Crippen LogP contribution in [0.2, 0.25) is 0 Å². The molecule has 1 atom stereocenters. The molecule has 1 unspecified atom stereocenters. The first-order valence-corrected chi connectivity index (χ1v) is 8.73. The number of rotatable bonds is 4. The zero-order valence-electron chi connectivity index (χ0n) is 10.9. The average Bonchev–Trinajstić information content (AvgIpc) is 3.02. The van der Waals surface area contributed by atoms with Gasteiger partial charge in [-0.1, -0.05) is 0 Å². The maximum atomic E-state index is 6.28. The minimum absolute atomic E-state index is 0.101. The summed E-state index contributed by atoms with van der Waals surface area (Å²) in [6, 6.07) is 6.32. The molecule has 3 nitrogen and oxygen atoms in total. The second-order valence-corrected chi connectivity index (χ2v) is 7.43. The third-order valence-corrected chi connectivity index (χ3v) is 4.83. The lowest BCUT2D eigenvalue weighted by molar-refractivity contribution is 0.666. The molecule has 20 heavy (non-hydrogen) atoms. The largest absolute Gasteiger partial charge is 0.326 e. The highest BCUT2D eigenvalue weighted by Crippen LogP contribution is 2.26. The Labute approximate surface area is 140 Å². The molecule has 3 rings (SSSR count). The summed E-state index contributed by atoms with van der Waals surface area (Å²) in [5.41, 5.74) is 2.16. The van der Waals surface area contributed by atoms with Crippen molar-refractivity contribution >= 4 is 56.6 Å². The predicted molar refractivity (Wildman–Crippen MR) is 92.5 cm³/mol. The van der Waals surface area contributed by atoms with Crippen LogP contribution in [-0.4, -0.2) is 14.5 Å². The molecule has 0 amide bonds. The van der Waals surface area contributed by atoms with E-state index in [9.17, 15) is 0 Å². The van der Waals surface area contributed by atoms with Gasteiger partial charge in [0.25, 0.3) is 0 Å². The van der Waals surface area contributed by atoms with Crippen LogP contribution in [0.4, 0.5) is 0 Å². The molecule has 0 saturated carbocycles. The molecule has 0 radical (unpaired) electrons. The Kier molecular flexibility index (Phi) is 4.28. The first kappa shape index (κ1) is 14.3. The molecule has 2 aromatic heterocycles. The van der Waals surface area contributed by atoms with Crippen molar-refractivity contribution in [3.05, 3.63) is 44.2 Å². The summed E-state index contributed by atoms with van der Waals surface area (Å²) in [6.45, 7) is 2.82. The summed E-state index contributed by atoms with van der Waals surface area (Å²) < 4.78 is 3.40. The monoisotopic (exact) mass is 417 g/mol. The normalized spacial score (nSPS) is 12.9. The highest BCUT2D eigenvalue weighted by molar-refractivity contribution is 14.1. The summed E-state index contributed by atoms with van der Waals surface area (Å²) in [5, 5.41) is 3.05. The van der Waals surface area contributed by atoms with E-state index < -0.39 is 0 Å². The molecule has 104 valence electrons. The molecule has 1 aromatic carbocycles. The number of hydrogen-bond acceptors (Lipinski definition) is 3. The van der Waals surface area contributed by atoms with Crippen molar-refractivity contribution in [1.82, 2.24) is 14.5 Å². The van der Waals surface area contributed by atoms with E-state index in [1.807, 2.05) is 18.5 Å². The summed E-state index contributed by atoms with van der Waals surface area (Å²) in [5.74, 6) is 0.931. The number of nitrogens with zero attached hydrogens (tertiary/aromatic N) is 3. The molecular weight excluding hydrogens is 405 g/mol. The minimum Gasteiger partial charge on any atom is -0.326 e. The standard InChI is InChI=1S/C14H13ClIN3S/c1-9(15)14-18-11-8-10(16)2-3-12(11)19(14)6-4-13-17-5-7-20-13/h2-3,5,7-9H,4,6H2,1H3. The van der Waals surface area contributed by atoms with Crippen LogP contribution in [0, 0.1) is 3.57 Å². The Morgan fingerprint density at radius 1 is 1.45 bits per heavy atom. The second kappa shape index (κ2) is 5.99. The van der Waals surface area contributed by atoms with E-state index in [-0.39, 0.29) is 5.38 Å². The van der Waals surface area contributed by atoms with Gasteiger partial charge in [-0.3, -0.25) is 0 Å². The van der Waals surface area contributed by atoms with E-state index in [2.05, 4.69) is 55.3 Å². The number of benzene rings is 1. The Balaban J connectivity index is 2.00. The lowest BCUT2D eigenvalue weighted by Crippen LogP contribution is -2.06. The van der Waals surface area contributed by atoms with Crippen molar-refractivity contribution in [2.45, 2.75) is 25.3 Å². The van der Waals surface area contributed by atoms with E-state index >= 15 is 0 Å². The van der Waals surface area contributed by atoms with Gasteiger partial charge < -0.3 is 4.57 Å². The molecule has 2 heterocycles. The van der Waals surface area contributed by atoms with E-state index in [1.165, 1.54) is 3.57 Å². The Morgan fingerprint density at radius 2 is 2.30 bits per heavy atom. The van der Waals surface area contributed by atoms with Gasteiger partial charge >= 0.3 is 0 Å². The number of aryl methyl sites for hydroxylation is 2. The molecule has 3 aromatic rings. The third kappa shape index (κ3) is 2.84. The van der Waals surface area contributed by atoms with Gasteiger partial charge in [0, 0.05) is 28.1 Å². The topological polar surface area (TPSA) is 30.7 Å². The number of fused-ring (bicyclic) bond motifs is 1. The summed E-state index contributed by atoms with van der Waals surface area (Å²) in [7, 11) is 0. The van der Waals surface area contributed by atoms with Crippen LogP contribution in [0.25, 0.3) is 11.0 Å². The smallest absolute Gasteiger partial charge is 0.127 e. The zero-order chi connectivity index (χ0) is 14.1. The van der Waals surface area contributed by atoms with Gasteiger partial charge in [-0.15, -0.1) is 22.9 Å². The van der Waals surface area contributed by atoms with E-state index in [1.54, 1.807) is 11.3 Å². The van der Waals surface area contributed by atoms with Gasteiger partial charge in [-0.2, -0.15) is 0 Å². The predicted octanol–water partition coefficient (Wildman–Crippen LogP) is 4.64. The van der Waals surface area contributed by atoms with Crippen LogP contribution in [-0.2, 0) is 13.0 Å². The van der Waals surface area contributed by atoms with Gasteiger partial charge in [0.05, 0.1) is 21.4 Å². The zero-order valence-corrected chi connectivity index (χ0v) is 14.6. The lowest BCUT2D eigenvalue weighted by atomic mass is 10.3. The fourth-order valence-electron chi connectivity index (χ4n) is 2.24. The van der Waals surface area contributed by atoms with Crippen molar-refractivity contribution in [1.29, 1.82) is 0 Å². The molecule has 0 aliphatic rings. The molecule has 0 bridgehead atoms. The number of alkyl halides is 1. The van der Waals surface area contributed by atoms with Gasteiger partial charge in [0.2, 0.25) is 0 Å². The average molecular weight is 418 g/mol. The first-order chi connectivity index (χ1) is 9.65. The number of hydrogen-bond donors (Lipinski definition) is 0. The Morgan fingerprint density at radius 3 is 3.00 bits per heavy atom. The SMILES string of the molecule is CC(Cl)c1nc2cc(I)ccc2n1CCc1nccs1. The van der Waals surface area contributed by atoms with E-state index in [0.717, 1.165) is 34.8 Å². The summed E-state index contributed by atoms with van der Waals surface area (Å²) in [4.78, 5) is 9.02. The highest BCUT2D eigenvalue weighted by atomic mass is 127. The summed E-state index contributed by atoms with van der Waals surface area (Å²) in [6.07, 6.45) is 2.76. The molecular formula is C14H13ClIN3S. The second-order valence-electron chi connectivity index (χ2n) is 4.55. The number of thiazole rings is 1. The van der Waals surface area contributed by atoms with E-state index in [4.69, 9.17) is 11.6 Å². The number of halogens is 2. The third-order valence-electron chi connectivity index (χ3n) is 3.13. The van der Waals surface area contributed by atoms with Crippen molar-refractivity contribution in [2.24, 2.45) is 0 Å². The summed E-state index contributed by atoms with van der Waals surface area (Å²) >= 11 is 10.3. The molecule has 6 heteroatoms. The molecule has 0 aliphatic heterocycles. The molecule has 0 N–H and O–H groups in total. The molecule has 0 fully saturated rings. The number of imidazole rings is 1. The maximum Gasteiger partial charge on any atom is 0.127 e. The van der Waals surface area contributed by atoms with Crippen LogP contribution in [0.1, 0.15) is 23.1 Å². The van der Waals surface area contributed by atoms with Crippen molar-refractivity contribution < 1.29 is 0 Å². The minimum atomic E-state index is -0.101. The van der Waals surface area contributed by atoms with Crippen LogP contribution in [0.5, 0.6) is 0 Å². The highest BCUT2D eigenvalue weighted by Gasteiger charge is 2.15. The Bertz CT molecular complexity index is 721. The van der Waals surface area contributed by atoms with Crippen molar-refractivity contribution in [3.8, 4) is 0 Å². The van der Waals surface area contributed by atoms with Crippen molar-refractivity contribution in [3.63, 3.8) is 0 Å². The fraction of sp³-hybridized carbons (Fsp3) is 0.286. The maximum absolute atomic E-state index is 6.28. The van der Waals surface area contributed by atoms with Gasteiger partial charge in [0.15, 0.2) is 0 Å². The van der Waals surface area contributed by atoms with E-state index in [0.29, 0.717) is 0 Å². The van der Waals surface area contributed by atoms with Crippen molar-refractivity contribution in [2.75, 3.05) is 0 Å². The number of aromatic nitrogens is 3. The van der Waals surface area contributed by atoms with Gasteiger partial charge in [-0.05, 0) is 47.7 Å². The van der Waals surface area contributed by atoms with Gasteiger partial charge in [0.1, 0.15) is 5.82 Å². The fourth-order valence-corrected chi connectivity index (χ4v) is 3.50. The first-order valence-electron chi connectivity index (χ1n) is 6.33. The quantitative estimate of drug-likeness (QED) is 0.457. The lowest BCUT2D eigenvalue weighted by Gasteiger charge is -2.09. The van der Waals surface area contributed by atoms with Crippen LogP contribution in [0.3, 0.4) is 0 Å². The molecule has 0 saturated heterocycles. The molecule has 0 aliphatic carbocycles.